The topological polar surface area (TPSA) is 51.6 Å². The average Bonchev–Trinajstić information content (AvgIpc) is 2.48. The molecule has 1 aromatic heterocycles. The number of benzene rings is 1. The van der Waals surface area contributed by atoms with Crippen LogP contribution in [0.25, 0.3) is 0 Å². The Labute approximate surface area is 119 Å². The fourth-order valence-electron chi connectivity index (χ4n) is 2.20. The molecule has 2 aromatic rings. The first kappa shape index (κ1) is 14.3. The summed E-state index contributed by atoms with van der Waals surface area (Å²) < 4.78 is 10.6. The van der Waals surface area contributed by atoms with E-state index < -0.39 is 6.10 Å². The van der Waals surface area contributed by atoms with E-state index in [4.69, 9.17) is 9.47 Å². The van der Waals surface area contributed by atoms with Gasteiger partial charge >= 0.3 is 0 Å². The Morgan fingerprint density at radius 3 is 2.60 bits per heavy atom. The molecule has 1 N–H and O–H groups in total. The number of ether oxygens (including phenoxy) is 2. The summed E-state index contributed by atoms with van der Waals surface area (Å²) in [5.41, 5.74) is 2.65. The highest BCUT2D eigenvalue weighted by molar-refractivity contribution is 5.48. The van der Waals surface area contributed by atoms with Crippen molar-refractivity contribution < 1.29 is 14.6 Å². The second-order valence-electron chi connectivity index (χ2n) is 4.57. The number of aromatic nitrogens is 1. The van der Waals surface area contributed by atoms with Crippen LogP contribution in [0.5, 0.6) is 11.5 Å². The molecule has 0 aliphatic rings. The molecule has 4 heteroatoms. The van der Waals surface area contributed by atoms with Gasteiger partial charge in [-0.05, 0) is 24.6 Å². The molecule has 0 aliphatic heterocycles. The highest BCUT2D eigenvalue weighted by Crippen LogP contribution is 2.35. The first-order valence-corrected chi connectivity index (χ1v) is 6.46. The SMILES string of the molecule is COc1cccc(C(O)Cc2ncccc2C)c1OC. The van der Waals surface area contributed by atoms with E-state index in [1.54, 1.807) is 26.5 Å². The number of rotatable bonds is 5. The van der Waals surface area contributed by atoms with Crippen LogP contribution in [-0.4, -0.2) is 24.3 Å². The van der Waals surface area contributed by atoms with Crippen molar-refractivity contribution in [2.45, 2.75) is 19.4 Å². The number of hydrogen-bond donors (Lipinski definition) is 1. The third-order valence-corrected chi connectivity index (χ3v) is 3.30. The van der Waals surface area contributed by atoms with Gasteiger partial charge in [0, 0.05) is 23.9 Å². The number of hydrogen-bond acceptors (Lipinski definition) is 4. The van der Waals surface area contributed by atoms with Gasteiger partial charge in [0.1, 0.15) is 0 Å². The first-order valence-electron chi connectivity index (χ1n) is 6.46. The summed E-state index contributed by atoms with van der Waals surface area (Å²) in [6, 6.07) is 9.35. The molecule has 1 unspecified atom stereocenters. The standard InChI is InChI=1S/C16H19NO3/c1-11-6-5-9-17-13(11)10-14(18)12-7-4-8-15(19-2)16(12)20-3/h4-9,14,18H,10H2,1-3H3. The van der Waals surface area contributed by atoms with E-state index in [0.717, 1.165) is 11.3 Å². The zero-order valence-corrected chi connectivity index (χ0v) is 12.0. The number of aliphatic hydroxyl groups excluding tert-OH is 1. The van der Waals surface area contributed by atoms with Crippen LogP contribution in [0.2, 0.25) is 0 Å². The second-order valence-corrected chi connectivity index (χ2v) is 4.57. The van der Waals surface area contributed by atoms with Crippen LogP contribution in [0.1, 0.15) is 22.9 Å². The summed E-state index contributed by atoms with van der Waals surface area (Å²) in [5, 5.41) is 10.5. The smallest absolute Gasteiger partial charge is 0.166 e. The minimum Gasteiger partial charge on any atom is -0.493 e. The Morgan fingerprint density at radius 2 is 1.95 bits per heavy atom. The molecule has 1 heterocycles. The van der Waals surface area contributed by atoms with Gasteiger partial charge in [-0.25, -0.2) is 0 Å². The van der Waals surface area contributed by atoms with Crippen LogP contribution < -0.4 is 9.47 Å². The minimum atomic E-state index is -0.686. The van der Waals surface area contributed by atoms with Crippen LogP contribution >= 0.6 is 0 Å². The van der Waals surface area contributed by atoms with Crippen LogP contribution in [0.3, 0.4) is 0 Å². The van der Waals surface area contributed by atoms with E-state index in [-0.39, 0.29) is 0 Å². The van der Waals surface area contributed by atoms with Gasteiger partial charge in [0.2, 0.25) is 0 Å². The van der Waals surface area contributed by atoms with Gasteiger partial charge in [-0.3, -0.25) is 4.98 Å². The molecule has 0 fully saturated rings. The Bertz CT molecular complexity index is 584. The molecule has 1 aromatic carbocycles. The molecular formula is C16H19NO3. The maximum absolute atomic E-state index is 10.5. The Morgan fingerprint density at radius 1 is 1.15 bits per heavy atom. The number of para-hydroxylation sites is 1. The zero-order chi connectivity index (χ0) is 14.5. The fourth-order valence-corrected chi connectivity index (χ4v) is 2.20. The fraction of sp³-hybridized carbons (Fsp3) is 0.312. The van der Waals surface area contributed by atoms with Crippen molar-refractivity contribution in [3.05, 3.63) is 53.3 Å². The van der Waals surface area contributed by atoms with Gasteiger partial charge in [-0.2, -0.15) is 0 Å². The third-order valence-electron chi connectivity index (χ3n) is 3.30. The summed E-state index contributed by atoms with van der Waals surface area (Å²) >= 11 is 0. The molecule has 4 nitrogen and oxygen atoms in total. The molecule has 106 valence electrons. The van der Waals surface area contributed by atoms with Crippen molar-refractivity contribution >= 4 is 0 Å². The minimum absolute atomic E-state index is 0.441. The largest absolute Gasteiger partial charge is 0.493 e. The summed E-state index contributed by atoms with van der Waals surface area (Å²) in [4.78, 5) is 4.31. The number of aliphatic hydroxyl groups is 1. The molecule has 1 atom stereocenters. The number of nitrogens with zero attached hydrogens (tertiary/aromatic N) is 1. The van der Waals surface area contributed by atoms with Crippen LogP contribution in [0, 0.1) is 6.92 Å². The highest BCUT2D eigenvalue weighted by Gasteiger charge is 2.18. The Hall–Kier alpha value is -2.07. The summed E-state index contributed by atoms with van der Waals surface area (Å²) in [5.74, 6) is 1.18. The molecule has 0 bridgehead atoms. The molecule has 0 amide bonds. The lowest BCUT2D eigenvalue weighted by Gasteiger charge is -2.17. The molecule has 0 spiro atoms. The molecule has 20 heavy (non-hydrogen) atoms. The predicted molar refractivity (Wildman–Crippen MR) is 77.2 cm³/mol. The summed E-state index contributed by atoms with van der Waals surface area (Å²) in [6.45, 7) is 1.98. The van der Waals surface area contributed by atoms with Crippen LogP contribution in [0.15, 0.2) is 36.5 Å². The lowest BCUT2D eigenvalue weighted by atomic mass is 10.0. The number of methoxy groups -OCH3 is 2. The average molecular weight is 273 g/mol. The summed E-state index contributed by atoms with van der Waals surface area (Å²) in [6.07, 6.45) is 1.49. The van der Waals surface area contributed by atoms with Gasteiger partial charge in [-0.15, -0.1) is 0 Å². The maximum Gasteiger partial charge on any atom is 0.166 e. The van der Waals surface area contributed by atoms with Gasteiger partial charge in [0.05, 0.1) is 20.3 Å². The van der Waals surface area contributed by atoms with Gasteiger partial charge in [-0.1, -0.05) is 18.2 Å². The predicted octanol–water partition coefficient (Wildman–Crippen LogP) is 2.68. The van der Waals surface area contributed by atoms with Gasteiger partial charge in [0.25, 0.3) is 0 Å². The van der Waals surface area contributed by atoms with Crippen molar-refractivity contribution in [2.24, 2.45) is 0 Å². The van der Waals surface area contributed by atoms with E-state index in [2.05, 4.69) is 4.98 Å². The maximum atomic E-state index is 10.5. The van der Waals surface area contributed by atoms with Crippen molar-refractivity contribution in [1.82, 2.24) is 4.98 Å². The van der Waals surface area contributed by atoms with Gasteiger partial charge in [0.15, 0.2) is 11.5 Å². The molecule has 0 saturated heterocycles. The lowest BCUT2D eigenvalue weighted by molar-refractivity contribution is 0.171. The van der Waals surface area contributed by atoms with Gasteiger partial charge < -0.3 is 14.6 Å². The third kappa shape index (κ3) is 2.91. The van der Waals surface area contributed by atoms with Crippen molar-refractivity contribution in [1.29, 1.82) is 0 Å². The van der Waals surface area contributed by atoms with E-state index in [9.17, 15) is 5.11 Å². The Balaban J connectivity index is 2.30. The lowest BCUT2D eigenvalue weighted by Crippen LogP contribution is -2.07. The molecular weight excluding hydrogens is 254 g/mol. The summed E-state index contributed by atoms with van der Waals surface area (Å²) in [7, 11) is 3.15. The van der Waals surface area contributed by atoms with E-state index in [0.29, 0.717) is 23.5 Å². The van der Waals surface area contributed by atoms with Crippen LogP contribution in [-0.2, 0) is 6.42 Å². The highest BCUT2D eigenvalue weighted by atomic mass is 16.5. The van der Waals surface area contributed by atoms with E-state index >= 15 is 0 Å². The number of pyridine rings is 1. The van der Waals surface area contributed by atoms with Crippen molar-refractivity contribution in [3.63, 3.8) is 0 Å². The molecule has 0 radical (unpaired) electrons. The Kier molecular flexibility index (Phi) is 4.58. The second kappa shape index (κ2) is 6.39. The molecule has 0 saturated carbocycles. The molecule has 2 rings (SSSR count). The number of aryl methyl sites for hydroxylation is 1. The quantitative estimate of drug-likeness (QED) is 0.910. The first-order chi connectivity index (χ1) is 9.67. The van der Waals surface area contributed by atoms with Crippen LogP contribution in [0.4, 0.5) is 0 Å². The van der Waals surface area contributed by atoms with E-state index in [1.165, 1.54) is 0 Å². The molecule has 0 aliphatic carbocycles. The van der Waals surface area contributed by atoms with Crippen molar-refractivity contribution in [2.75, 3.05) is 14.2 Å². The van der Waals surface area contributed by atoms with Crippen molar-refractivity contribution in [3.8, 4) is 11.5 Å². The van der Waals surface area contributed by atoms with E-state index in [1.807, 2.05) is 31.2 Å². The normalized spacial score (nSPS) is 12.0. The monoisotopic (exact) mass is 273 g/mol. The zero-order valence-electron chi connectivity index (χ0n) is 12.0.